The standard InChI is InChI=1S/C22H23N3O4/c26-21(24-12-6-7-16(13-24)22(27)28)14-25-19-11-5-4-10-18(19)23-20(25)15-29-17-8-2-1-3-9-17/h1-5,8-11,16H,6-7,12-15H2,(H,27,28). The number of para-hydroxylation sites is 3. The summed E-state index contributed by atoms with van der Waals surface area (Å²) in [4.78, 5) is 30.6. The van der Waals surface area contributed by atoms with E-state index >= 15 is 0 Å². The Balaban J connectivity index is 1.55. The van der Waals surface area contributed by atoms with E-state index in [4.69, 9.17) is 4.74 Å². The van der Waals surface area contributed by atoms with Gasteiger partial charge in [-0.25, -0.2) is 4.98 Å². The van der Waals surface area contributed by atoms with E-state index in [2.05, 4.69) is 4.98 Å². The molecule has 2 heterocycles. The first-order valence-electron chi connectivity index (χ1n) is 9.74. The summed E-state index contributed by atoms with van der Waals surface area (Å²) in [7, 11) is 0. The zero-order valence-corrected chi connectivity index (χ0v) is 16.0. The van der Waals surface area contributed by atoms with Crippen LogP contribution in [0.2, 0.25) is 0 Å². The van der Waals surface area contributed by atoms with Crippen molar-refractivity contribution < 1.29 is 19.4 Å². The Bertz CT molecular complexity index is 1020. The number of benzene rings is 2. The number of amides is 1. The second-order valence-electron chi connectivity index (χ2n) is 7.22. The van der Waals surface area contributed by atoms with Crippen LogP contribution in [0.3, 0.4) is 0 Å². The fraction of sp³-hybridized carbons (Fsp3) is 0.318. The first-order valence-corrected chi connectivity index (χ1v) is 9.74. The molecule has 1 unspecified atom stereocenters. The second kappa shape index (κ2) is 8.34. The molecule has 29 heavy (non-hydrogen) atoms. The Morgan fingerprint density at radius 2 is 1.86 bits per heavy atom. The van der Waals surface area contributed by atoms with Gasteiger partial charge in [-0.2, -0.15) is 0 Å². The maximum Gasteiger partial charge on any atom is 0.308 e. The van der Waals surface area contributed by atoms with E-state index < -0.39 is 11.9 Å². The number of fused-ring (bicyclic) bond motifs is 1. The Morgan fingerprint density at radius 3 is 2.66 bits per heavy atom. The number of carbonyl (C=O) groups excluding carboxylic acids is 1. The van der Waals surface area contributed by atoms with Crippen molar-refractivity contribution in [3.63, 3.8) is 0 Å². The van der Waals surface area contributed by atoms with Gasteiger partial charge in [0.05, 0.1) is 17.0 Å². The minimum absolute atomic E-state index is 0.0972. The number of hydrogen-bond acceptors (Lipinski definition) is 4. The molecule has 1 saturated heterocycles. The molecule has 2 aromatic carbocycles. The molecule has 150 valence electrons. The Hall–Kier alpha value is -3.35. The highest BCUT2D eigenvalue weighted by molar-refractivity contribution is 5.82. The third-order valence-electron chi connectivity index (χ3n) is 5.26. The molecule has 1 aliphatic rings. The van der Waals surface area contributed by atoms with Crippen molar-refractivity contribution in [1.29, 1.82) is 0 Å². The SMILES string of the molecule is O=C(O)C1CCCN(C(=O)Cn2c(COc3ccccc3)nc3ccccc32)C1. The van der Waals surface area contributed by atoms with E-state index in [1.807, 2.05) is 59.2 Å². The molecule has 0 radical (unpaired) electrons. The van der Waals surface area contributed by atoms with Gasteiger partial charge in [0.25, 0.3) is 0 Å². The molecule has 0 bridgehead atoms. The van der Waals surface area contributed by atoms with E-state index in [0.717, 1.165) is 16.8 Å². The summed E-state index contributed by atoms with van der Waals surface area (Å²) in [5, 5.41) is 9.29. The van der Waals surface area contributed by atoms with E-state index in [1.54, 1.807) is 4.90 Å². The number of carboxylic acid groups (broad SMARTS) is 1. The van der Waals surface area contributed by atoms with Crippen molar-refractivity contribution in [2.45, 2.75) is 26.0 Å². The molecule has 1 aliphatic heterocycles. The molecule has 0 spiro atoms. The van der Waals surface area contributed by atoms with Gasteiger partial charge in [-0.3, -0.25) is 9.59 Å². The average molecular weight is 393 g/mol. The highest BCUT2D eigenvalue weighted by Crippen LogP contribution is 2.21. The summed E-state index contributed by atoms with van der Waals surface area (Å²) in [5.74, 6) is -0.0336. The van der Waals surface area contributed by atoms with Gasteiger partial charge in [-0.05, 0) is 37.1 Å². The first kappa shape index (κ1) is 19.0. The normalized spacial score (nSPS) is 16.7. The quantitative estimate of drug-likeness (QED) is 0.696. The molecule has 4 rings (SSSR count). The number of aromatic nitrogens is 2. The highest BCUT2D eigenvalue weighted by atomic mass is 16.5. The van der Waals surface area contributed by atoms with Crippen molar-refractivity contribution in [2.24, 2.45) is 5.92 Å². The minimum atomic E-state index is -0.840. The average Bonchev–Trinajstić information content (AvgIpc) is 3.10. The first-order chi connectivity index (χ1) is 14.1. The monoisotopic (exact) mass is 393 g/mol. The number of aliphatic carboxylic acids is 1. The van der Waals surface area contributed by atoms with Crippen LogP contribution < -0.4 is 4.74 Å². The number of rotatable bonds is 6. The fourth-order valence-corrected chi connectivity index (χ4v) is 3.72. The Kier molecular flexibility index (Phi) is 5.46. The number of hydrogen-bond donors (Lipinski definition) is 1. The summed E-state index contributed by atoms with van der Waals surface area (Å²) >= 11 is 0. The highest BCUT2D eigenvalue weighted by Gasteiger charge is 2.28. The maximum atomic E-state index is 12.9. The number of imidazole rings is 1. The van der Waals surface area contributed by atoms with Crippen LogP contribution in [0.5, 0.6) is 5.75 Å². The summed E-state index contributed by atoms with van der Waals surface area (Å²) < 4.78 is 7.72. The molecule has 1 fully saturated rings. The zero-order valence-electron chi connectivity index (χ0n) is 16.0. The number of piperidine rings is 1. The molecular formula is C22H23N3O4. The molecule has 3 aromatic rings. The topological polar surface area (TPSA) is 84.7 Å². The van der Waals surface area contributed by atoms with Crippen LogP contribution in [-0.2, 0) is 22.7 Å². The summed E-state index contributed by atoms with van der Waals surface area (Å²) in [5.41, 5.74) is 1.66. The third-order valence-corrected chi connectivity index (χ3v) is 5.26. The van der Waals surface area contributed by atoms with Crippen molar-refractivity contribution in [1.82, 2.24) is 14.5 Å². The van der Waals surface area contributed by atoms with Gasteiger partial charge in [-0.15, -0.1) is 0 Å². The third kappa shape index (κ3) is 4.23. The van der Waals surface area contributed by atoms with Crippen LogP contribution in [0.25, 0.3) is 11.0 Å². The predicted octanol–water partition coefficient (Wildman–Crippen LogP) is 2.94. The van der Waals surface area contributed by atoms with Gasteiger partial charge in [0.1, 0.15) is 24.7 Å². The van der Waals surface area contributed by atoms with Crippen molar-refractivity contribution in [3.8, 4) is 5.75 Å². The molecule has 1 N–H and O–H groups in total. The molecule has 1 aromatic heterocycles. The van der Waals surface area contributed by atoms with Crippen LogP contribution >= 0.6 is 0 Å². The maximum absolute atomic E-state index is 12.9. The lowest BCUT2D eigenvalue weighted by Gasteiger charge is -2.31. The number of carbonyl (C=O) groups is 2. The van der Waals surface area contributed by atoms with Crippen LogP contribution in [0.1, 0.15) is 18.7 Å². The number of nitrogens with zero attached hydrogens (tertiary/aromatic N) is 3. The second-order valence-corrected chi connectivity index (χ2v) is 7.22. The van der Waals surface area contributed by atoms with Crippen molar-refractivity contribution >= 4 is 22.9 Å². The Labute approximate surface area is 168 Å². The lowest BCUT2D eigenvalue weighted by molar-refractivity contribution is -0.145. The van der Waals surface area contributed by atoms with Gasteiger partial charge < -0.3 is 19.3 Å². The van der Waals surface area contributed by atoms with Crippen molar-refractivity contribution in [3.05, 3.63) is 60.4 Å². The van der Waals surface area contributed by atoms with Crippen LogP contribution in [0.4, 0.5) is 0 Å². The minimum Gasteiger partial charge on any atom is -0.486 e. The number of ether oxygens (including phenoxy) is 1. The fourth-order valence-electron chi connectivity index (χ4n) is 3.72. The van der Waals surface area contributed by atoms with Crippen LogP contribution in [0.15, 0.2) is 54.6 Å². The van der Waals surface area contributed by atoms with Gasteiger partial charge in [0.15, 0.2) is 0 Å². The van der Waals surface area contributed by atoms with Gasteiger partial charge in [0, 0.05) is 13.1 Å². The molecule has 7 nitrogen and oxygen atoms in total. The summed E-state index contributed by atoms with van der Waals surface area (Å²) in [6, 6.07) is 17.1. The largest absolute Gasteiger partial charge is 0.486 e. The van der Waals surface area contributed by atoms with Gasteiger partial charge in [-0.1, -0.05) is 30.3 Å². The number of likely N-dealkylation sites (tertiary alicyclic amines) is 1. The number of carboxylic acids is 1. The van der Waals surface area contributed by atoms with Crippen LogP contribution in [0, 0.1) is 5.92 Å². The van der Waals surface area contributed by atoms with E-state index in [9.17, 15) is 14.7 Å². The van der Waals surface area contributed by atoms with Gasteiger partial charge in [0.2, 0.25) is 5.91 Å². The van der Waals surface area contributed by atoms with Crippen LogP contribution in [-0.4, -0.2) is 44.5 Å². The van der Waals surface area contributed by atoms with Crippen molar-refractivity contribution in [2.75, 3.05) is 13.1 Å². The zero-order chi connectivity index (χ0) is 20.2. The summed E-state index contributed by atoms with van der Waals surface area (Å²) in [6.45, 7) is 1.20. The molecule has 1 atom stereocenters. The Morgan fingerprint density at radius 1 is 1.10 bits per heavy atom. The lowest BCUT2D eigenvalue weighted by Crippen LogP contribution is -2.43. The molecule has 7 heteroatoms. The molecule has 1 amide bonds. The molecule has 0 saturated carbocycles. The molecule has 0 aliphatic carbocycles. The smallest absolute Gasteiger partial charge is 0.308 e. The predicted molar refractivity (Wildman–Crippen MR) is 107 cm³/mol. The van der Waals surface area contributed by atoms with E-state index in [1.165, 1.54) is 0 Å². The van der Waals surface area contributed by atoms with E-state index in [-0.39, 0.29) is 25.6 Å². The van der Waals surface area contributed by atoms with E-state index in [0.29, 0.717) is 25.2 Å². The van der Waals surface area contributed by atoms with Gasteiger partial charge >= 0.3 is 5.97 Å². The lowest BCUT2D eigenvalue weighted by atomic mass is 9.98. The summed E-state index contributed by atoms with van der Waals surface area (Å²) in [6.07, 6.45) is 1.32. The molecular weight excluding hydrogens is 370 g/mol.